The Kier molecular flexibility index (Phi) is 4.51. The number of nitrogens with zero attached hydrogens (tertiary/aromatic N) is 3. The average molecular weight is 418 g/mol. The molecule has 0 atom stereocenters. The van der Waals surface area contributed by atoms with E-state index in [1.54, 1.807) is 30.8 Å². The second kappa shape index (κ2) is 7.34. The predicted molar refractivity (Wildman–Crippen MR) is 115 cm³/mol. The molecular weight excluding hydrogens is 400 g/mol. The molecule has 2 amide bonds. The van der Waals surface area contributed by atoms with Crippen LogP contribution in [-0.2, 0) is 4.79 Å². The molecule has 1 aliphatic carbocycles. The van der Waals surface area contributed by atoms with Gasteiger partial charge in [-0.25, -0.2) is 9.97 Å². The number of thiazole rings is 1. The third-order valence-electron chi connectivity index (χ3n) is 5.04. The Morgan fingerprint density at radius 3 is 2.77 bits per heavy atom. The number of anilines is 1. The minimum atomic E-state index is -0.248. The van der Waals surface area contributed by atoms with Crippen LogP contribution >= 0.6 is 11.3 Å². The van der Waals surface area contributed by atoms with E-state index in [-0.39, 0.29) is 17.7 Å². The number of nitrogens with one attached hydrogen (secondary N) is 3. The van der Waals surface area contributed by atoms with E-state index < -0.39 is 0 Å². The summed E-state index contributed by atoms with van der Waals surface area (Å²) in [5.41, 5.74) is 3.42. The fourth-order valence-corrected chi connectivity index (χ4v) is 3.94. The van der Waals surface area contributed by atoms with E-state index in [1.165, 1.54) is 6.20 Å². The molecule has 0 aromatic carbocycles. The number of H-pyrrole nitrogens is 1. The molecule has 1 saturated carbocycles. The molecule has 1 fully saturated rings. The lowest BCUT2D eigenvalue weighted by atomic mass is 10.1. The van der Waals surface area contributed by atoms with Gasteiger partial charge in [-0.3, -0.25) is 14.6 Å². The molecule has 30 heavy (non-hydrogen) atoms. The van der Waals surface area contributed by atoms with Crippen molar-refractivity contribution in [3.8, 4) is 22.0 Å². The van der Waals surface area contributed by atoms with Gasteiger partial charge in [0.2, 0.25) is 5.91 Å². The number of hydrogen-bond donors (Lipinski definition) is 3. The molecule has 5 rings (SSSR count). The zero-order valence-electron chi connectivity index (χ0n) is 16.1. The minimum absolute atomic E-state index is 0.0449. The molecule has 3 N–H and O–H groups in total. The van der Waals surface area contributed by atoms with E-state index in [0.29, 0.717) is 28.0 Å². The van der Waals surface area contributed by atoms with Crippen LogP contribution in [0.3, 0.4) is 0 Å². The van der Waals surface area contributed by atoms with Crippen LogP contribution in [0.25, 0.3) is 32.9 Å². The van der Waals surface area contributed by atoms with Crippen molar-refractivity contribution in [1.82, 2.24) is 25.3 Å². The van der Waals surface area contributed by atoms with Crippen LogP contribution in [-0.4, -0.2) is 38.8 Å². The van der Waals surface area contributed by atoms with Gasteiger partial charge in [-0.2, -0.15) is 0 Å². The molecular formula is C21H18N6O2S. The highest BCUT2D eigenvalue weighted by Crippen LogP contribution is 2.34. The number of rotatable bonds is 5. The van der Waals surface area contributed by atoms with Gasteiger partial charge in [0.25, 0.3) is 5.91 Å². The summed E-state index contributed by atoms with van der Waals surface area (Å²) in [6, 6.07) is 5.71. The number of hydrogen-bond acceptors (Lipinski definition) is 6. The van der Waals surface area contributed by atoms with Crippen LogP contribution in [0, 0.1) is 5.92 Å². The fraction of sp³-hybridized carbons (Fsp3) is 0.190. The Morgan fingerprint density at radius 2 is 2.03 bits per heavy atom. The zero-order valence-corrected chi connectivity index (χ0v) is 16.9. The fourth-order valence-electron chi connectivity index (χ4n) is 3.31. The van der Waals surface area contributed by atoms with Gasteiger partial charge in [0.1, 0.15) is 5.01 Å². The van der Waals surface area contributed by atoms with Crippen molar-refractivity contribution in [1.29, 1.82) is 0 Å². The minimum Gasteiger partial charge on any atom is -0.355 e. The van der Waals surface area contributed by atoms with Crippen LogP contribution in [0.4, 0.5) is 5.82 Å². The number of pyridine rings is 2. The summed E-state index contributed by atoms with van der Waals surface area (Å²) >= 11 is 1.55. The summed E-state index contributed by atoms with van der Waals surface area (Å²) in [6.45, 7) is 0. The Balaban J connectivity index is 1.62. The summed E-state index contributed by atoms with van der Waals surface area (Å²) in [6.07, 6.45) is 6.77. The maximum Gasteiger partial charge on any atom is 0.253 e. The molecule has 0 bridgehead atoms. The molecule has 0 radical (unpaired) electrons. The highest BCUT2D eigenvalue weighted by atomic mass is 32.1. The standard InChI is InChI=1S/C21H18N6O2S/c1-22-20(29)14-10-25-18(27-19(28)11-2-3-11)17-13(14)9-16(26-17)15-8-12(4-5-23-15)21-24-6-7-30-21/h4-11,26H,2-3H2,1H3,(H,22,29)(H,25,27,28). The Morgan fingerprint density at radius 1 is 1.17 bits per heavy atom. The Labute approximate surface area is 175 Å². The predicted octanol–water partition coefficient (Wildman–Crippen LogP) is 3.46. The van der Waals surface area contributed by atoms with Crippen molar-refractivity contribution in [2.75, 3.05) is 12.4 Å². The first kappa shape index (κ1) is 18.4. The molecule has 0 aliphatic heterocycles. The number of amides is 2. The Bertz CT molecular complexity index is 1260. The van der Waals surface area contributed by atoms with Gasteiger partial charge in [0, 0.05) is 47.9 Å². The number of carbonyl (C=O) groups excluding carboxylic acids is 2. The molecule has 4 aromatic rings. The lowest BCUT2D eigenvalue weighted by molar-refractivity contribution is -0.117. The largest absolute Gasteiger partial charge is 0.355 e. The summed E-state index contributed by atoms with van der Waals surface area (Å²) < 4.78 is 0. The normalized spacial score (nSPS) is 13.4. The second-order valence-corrected chi connectivity index (χ2v) is 8.00. The quantitative estimate of drug-likeness (QED) is 0.459. The number of aromatic nitrogens is 4. The zero-order chi connectivity index (χ0) is 20.7. The lowest BCUT2D eigenvalue weighted by Crippen LogP contribution is -2.19. The first-order valence-corrected chi connectivity index (χ1v) is 10.4. The first-order chi connectivity index (χ1) is 14.6. The van der Waals surface area contributed by atoms with Gasteiger partial charge in [0.05, 0.1) is 22.5 Å². The van der Waals surface area contributed by atoms with Gasteiger partial charge in [-0.1, -0.05) is 0 Å². The van der Waals surface area contributed by atoms with Crippen molar-refractivity contribution >= 4 is 39.9 Å². The van der Waals surface area contributed by atoms with Crippen molar-refractivity contribution in [2.45, 2.75) is 12.8 Å². The highest BCUT2D eigenvalue weighted by molar-refractivity contribution is 7.13. The molecule has 0 saturated heterocycles. The van der Waals surface area contributed by atoms with E-state index in [1.807, 2.05) is 23.6 Å². The maximum atomic E-state index is 12.4. The van der Waals surface area contributed by atoms with E-state index in [0.717, 1.165) is 29.1 Å². The Hall–Kier alpha value is -3.59. The van der Waals surface area contributed by atoms with Gasteiger partial charge >= 0.3 is 0 Å². The number of carbonyl (C=O) groups is 2. The van der Waals surface area contributed by atoms with E-state index in [9.17, 15) is 9.59 Å². The molecule has 4 heterocycles. The van der Waals surface area contributed by atoms with Gasteiger partial charge < -0.3 is 15.6 Å². The van der Waals surface area contributed by atoms with Gasteiger partial charge in [-0.05, 0) is 31.0 Å². The van der Waals surface area contributed by atoms with Crippen LogP contribution in [0.5, 0.6) is 0 Å². The second-order valence-electron chi connectivity index (χ2n) is 7.10. The van der Waals surface area contributed by atoms with Crippen LogP contribution in [0.15, 0.2) is 42.2 Å². The molecule has 8 nitrogen and oxygen atoms in total. The SMILES string of the molecule is CNC(=O)c1cnc(NC(=O)C2CC2)c2[nH]c(-c3cc(-c4nccs4)ccn3)cc12. The number of fused-ring (bicyclic) bond motifs is 1. The molecule has 9 heteroatoms. The maximum absolute atomic E-state index is 12.4. The van der Waals surface area contributed by atoms with E-state index in [4.69, 9.17) is 0 Å². The van der Waals surface area contributed by atoms with E-state index in [2.05, 4.69) is 30.6 Å². The van der Waals surface area contributed by atoms with Crippen LogP contribution < -0.4 is 10.6 Å². The third kappa shape index (κ3) is 3.33. The molecule has 0 spiro atoms. The highest BCUT2D eigenvalue weighted by Gasteiger charge is 2.30. The smallest absolute Gasteiger partial charge is 0.253 e. The molecule has 1 aliphatic rings. The van der Waals surface area contributed by atoms with Crippen LogP contribution in [0.2, 0.25) is 0 Å². The first-order valence-electron chi connectivity index (χ1n) is 9.55. The van der Waals surface area contributed by atoms with Crippen molar-refractivity contribution in [2.24, 2.45) is 5.92 Å². The average Bonchev–Trinajstić information content (AvgIpc) is 3.29. The van der Waals surface area contributed by atoms with Crippen molar-refractivity contribution < 1.29 is 9.59 Å². The van der Waals surface area contributed by atoms with Crippen molar-refractivity contribution in [3.63, 3.8) is 0 Å². The topological polar surface area (TPSA) is 113 Å². The summed E-state index contributed by atoms with van der Waals surface area (Å²) in [7, 11) is 1.57. The lowest BCUT2D eigenvalue weighted by Gasteiger charge is -2.07. The summed E-state index contributed by atoms with van der Waals surface area (Å²) in [4.78, 5) is 41.1. The van der Waals surface area contributed by atoms with Gasteiger partial charge in [-0.15, -0.1) is 11.3 Å². The van der Waals surface area contributed by atoms with Crippen molar-refractivity contribution in [3.05, 3.63) is 47.7 Å². The molecule has 0 unspecified atom stereocenters. The third-order valence-corrected chi connectivity index (χ3v) is 5.87. The van der Waals surface area contributed by atoms with Gasteiger partial charge in [0.15, 0.2) is 5.82 Å². The van der Waals surface area contributed by atoms with Crippen LogP contribution in [0.1, 0.15) is 23.2 Å². The van der Waals surface area contributed by atoms with E-state index >= 15 is 0 Å². The monoisotopic (exact) mass is 418 g/mol. The molecule has 150 valence electrons. The number of aromatic amines is 1. The summed E-state index contributed by atoms with van der Waals surface area (Å²) in [5, 5.41) is 9.02. The summed E-state index contributed by atoms with van der Waals surface area (Å²) in [5.74, 6) is 0.169. The molecule has 4 aromatic heterocycles.